The monoisotopic (exact) mass is 469 g/mol. The lowest BCUT2D eigenvalue weighted by Gasteiger charge is -2.29. The molecule has 0 radical (unpaired) electrons. The van der Waals surface area contributed by atoms with E-state index in [2.05, 4.69) is 0 Å². The van der Waals surface area contributed by atoms with Crippen LogP contribution in [-0.2, 0) is 16.0 Å². The molecule has 34 heavy (non-hydrogen) atoms. The highest BCUT2D eigenvalue weighted by Gasteiger charge is 2.23. The average Bonchev–Trinajstić information content (AvgIpc) is 2.85. The Morgan fingerprint density at radius 3 is 2.35 bits per heavy atom. The van der Waals surface area contributed by atoms with Crippen molar-refractivity contribution < 1.29 is 28.9 Å². The first-order valence-corrected chi connectivity index (χ1v) is 12.1. The number of carbonyl (C=O) groups is 2. The molecule has 0 spiro atoms. The van der Waals surface area contributed by atoms with E-state index in [4.69, 9.17) is 14.2 Å². The van der Waals surface area contributed by atoms with Crippen molar-refractivity contribution in [3.63, 3.8) is 0 Å². The summed E-state index contributed by atoms with van der Waals surface area (Å²) in [6, 6.07) is 16.4. The molecule has 1 aliphatic rings. The number of carbonyl (C=O) groups excluding carboxylic acids is 1. The minimum absolute atomic E-state index is 0.296. The van der Waals surface area contributed by atoms with Gasteiger partial charge in [0.1, 0.15) is 18.1 Å². The SMILES string of the molecule is CCOC(Cc1ccc(OCCN(CC2CCCCC2)C(=O)Oc2ccccc2)cc1)C(=O)O. The van der Waals surface area contributed by atoms with Crippen LogP contribution < -0.4 is 9.47 Å². The fraction of sp³-hybridized carbons (Fsp3) is 0.481. The van der Waals surface area contributed by atoms with Gasteiger partial charge in [-0.3, -0.25) is 0 Å². The van der Waals surface area contributed by atoms with E-state index >= 15 is 0 Å². The van der Waals surface area contributed by atoms with Crippen LogP contribution in [0, 0.1) is 5.92 Å². The highest BCUT2D eigenvalue weighted by atomic mass is 16.6. The second-order valence-electron chi connectivity index (χ2n) is 8.61. The molecule has 1 saturated carbocycles. The molecule has 184 valence electrons. The molecule has 0 heterocycles. The predicted octanol–water partition coefficient (Wildman–Crippen LogP) is 5.18. The number of nitrogens with zero attached hydrogens (tertiary/aromatic N) is 1. The van der Waals surface area contributed by atoms with Crippen LogP contribution in [0.1, 0.15) is 44.6 Å². The van der Waals surface area contributed by atoms with Gasteiger partial charge in [0.15, 0.2) is 6.10 Å². The molecule has 0 aromatic heterocycles. The molecule has 1 N–H and O–H groups in total. The lowest BCUT2D eigenvalue weighted by molar-refractivity contribution is -0.149. The molecule has 1 amide bonds. The van der Waals surface area contributed by atoms with Crippen LogP contribution in [0.2, 0.25) is 0 Å². The number of benzene rings is 2. The fourth-order valence-electron chi connectivity index (χ4n) is 4.22. The van der Waals surface area contributed by atoms with Crippen molar-refractivity contribution in [1.29, 1.82) is 0 Å². The number of ether oxygens (including phenoxy) is 3. The minimum atomic E-state index is -0.970. The lowest BCUT2D eigenvalue weighted by Crippen LogP contribution is -2.40. The first-order valence-electron chi connectivity index (χ1n) is 12.1. The summed E-state index contributed by atoms with van der Waals surface area (Å²) in [7, 11) is 0. The van der Waals surface area contributed by atoms with Gasteiger partial charge in [-0.1, -0.05) is 49.6 Å². The second-order valence-corrected chi connectivity index (χ2v) is 8.61. The Bertz CT molecular complexity index is 880. The molecule has 0 saturated heterocycles. The maximum atomic E-state index is 12.9. The summed E-state index contributed by atoms with van der Waals surface area (Å²) in [5, 5.41) is 9.25. The van der Waals surface area contributed by atoms with Crippen LogP contribution in [0.15, 0.2) is 54.6 Å². The lowest BCUT2D eigenvalue weighted by atomic mass is 9.89. The standard InChI is InChI=1S/C27H35NO6/c1-2-32-25(26(29)30)19-21-13-15-23(16-14-21)33-18-17-28(20-22-9-5-3-6-10-22)27(31)34-24-11-7-4-8-12-24/h4,7-8,11-16,22,25H,2-3,5-6,9-10,17-20H2,1H3,(H,29,30). The number of carboxylic acids is 1. The van der Waals surface area contributed by atoms with Crippen LogP contribution in [0.25, 0.3) is 0 Å². The van der Waals surface area contributed by atoms with E-state index in [0.29, 0.717) is 50.1 Å². The van der Waals surface area contributed by atoms with E-state index in [0.717, 1.165) is 18.4 Å². The zero-order chi connectivity index (χ0) is 24.2. The Labute approximate surface area is 201 Å². The van der Waals surface area contributed by atoms with Gasteiger partial charge in [0, 0.05) is 19.6 Å². The van der Waals surface area contributed by atoms with E-state index in [1.54, 1.807) is 24.0 Å². The Morgan fingerprint density at radius 1 is 1.00 bits per heavy atom. The average molecular weight is 470 g/mol. The third kappa shape index (κ3) is 8.37. The Balaban J connectivity index is 1.54. The van der Waals surface area contributed by atoms with Gasteiger partial charge in [-0.25, -0.2) is 9.59 Å². The highest BCUT2D eigenvalue weighted by molar-refractivity contribution is 5.72. The molecule has 7 nitrogen and oxygen atoms in total. The molecule has 3 rings (SSSR count). The molecule has 7 heteroatoms. The van der Waals surface area contributed by atoms with Crippen molar-refractivity contribution in [2.45, 2.75) is 51.6 Å². The summed E-state index contributed by atoms with van der Waals surface area (Å²) >= 11 is 0. The summed E-state index contributed by atoms with van der Waals surface area (Å²) in [5.41, 5.74) is 0.860. The molecule has 0 aliphatic heterocycles. The van der Waals surface area contributed by atoms with E-state index in [1.165, 1.54) is 19.3 Å². The van der Waals surface area contributed by atoms with Crippen LogP contribution >= 0.6 is 0 Å². The quantitative estimate of drug-likeness (QED) is 0.461. The molecular weight excluding hydrogens is 434 g/mol. The predicted molar refractivity (Wildman–Crippen MR) is 129 cm³/mol. The van der Waals surface area contributed by atoms with Crippen LogP contribution in [0.3, 0.4) is 0 Å². The Hall–Kier alpha value is -3.06. The largest absolute Gasteiger partial charge is 0.492 e. The van der Waals surface area contributed by atoms with Crippen molar-refractivity contribution in [3.8, 4) is 11.5 Å². The van der Waals surface area contributed by atoms with E-state index < -0.39 is 12.1 Å². The molecule has 2 aromatic rings. The van der Waals surface area contributed by atoms with Gasteiger partial charge in [0.25, 0.3) is 0 Å². The first kappa shape index (κ1) is 25.6. The van der Waals surface area contributed by atoms with Crippen LogP contribution in [0.5, 0.6) is 11.5 Å². The molecule has 1 aliphatic carbocycles. The zero-order valence-corrected chi connectivity index (χ0v) is 19.9. The van der Waals surface area contributed by atoms with Gasteiger partial charge < -0.3 is 24.2 Å². The van der Waals surface area contributed by atoms with Crippen molar-refractivity contribution in [2.75, 3.05) is 26.3 Å². The maximum Gasteiger partial charge on any atom is 0.415 e. The summed E-state index contributed by atoms with van der Waals surface area (Å²) in [5.74, 6) is 0.719. The van der Waals surface area contributed by atoms with E-state index in [1.807, 2.05) is 42.5 Å². The Morgan fingerprint density at radius 2 is 1.71 bits per heavy atom. The van der Waals surface area contributed by atoms with Gasteiger partial charge in [-0.2, -0.15) is 0 Å². The summed E-state index contributed by atoms with van der Waals surface area (Å²) in [6.07, 6.45) is 5.04. The number of para-hydroxylation sites is 1. The molecule has 2 aromatic carbocycles. The summed E-state index contributed by atoms with van der Waals surface area (Å²) in [6.45, 7) is 3.56. The molecular formula is C27H35NO6. The second kappa shape index (κ2) is 13.6. The molecule has 1 atom stereocenters. The third-order valence-electron chi connectivity index (χ3n) is 6.03. The number of rotatable bonds is 12. The van der Waals surface area contributed by atoms with Crippen LogP contribution in [0.4, 0.5) is 4.79 Å². The van der Waals surface area contributed by atoms with Gasteiger partial charge >= 0.3 is 12.1 Å². The zero-order valence-electron chi connectivity index (χ0n) is 19.9. The molecule has 1 unspecified atom stereocenters. The maximum absolute atomic E-state index is 12.9. The molecule has 0 bridgehead atoms. The smallest absolute Gasteiger partial charge is 0.415 e. The van der Waals surface area contributed by atoms with Gasteiger partial charge in [0.2, 0.25) is 0 Å². The fourth-order valence-corrected chi connectivity index (χ4v) is 4.22. The highest BCUT2D eigenvalue weighted by Crippen LogP contribution is 2.25. The number of aliphatic carboxylic acids is 1. The summed E-state index contributed by atoms with van der Waals surface area (Å²) in [4.78, 5) is 25.9. The van der Waals surface area contributed by atoms with E-state index in [9.17, 15) is 14.7 Å². The van der Waals surface area contributed by atoms with Crippen molar-refractivity contribution in [3.05, 3.63) is 60.2 Å². The normalized spacial score (nSPS) is 14.9. The number of carboxylic acid groups (broad SMARTS) is 1. The number of hydrogen-bond acceptors (Lipinski definition) is 5. The van der Waals surface area contributed by atoms with Crippen molar-refractivity contribution in [2.24, 2.45) is 5.92 Å². The van der Waals surface area contributed by atoms with Crippen LogP contribution in [-0.4, -0.2) is 54.5 Å². The minimum Gasteiger partial charge on any atom is -0.492 e. The number of hydrogen-bond donors (Lipinski definition) is 1. The van der Waals surface area contributed by atoms with Gasteiger partial charge in [0.05, 0.1) is 6.54 Å². The first-order chi connectivity index (χ1) is 16.5. The molecule has 1 fully saturated rings. The number of amides is 1. The third-order valence-corrected chi connectivity index (χ3v) is 6.03. The van der Waals surface area contributed by atoms with Gasteiger partial charge in [-0.05, 0) is 55.5 Å². The van der Waals surface area contributed by atoms with Gasteiger partial charge in [-0.15, -0.1) is 0 Å². The Kier molecular flexibility index (Phi) is 10.2. The topological polar surface area (TPSA) is 85.3 Å². The summed E-state index contributed by atoms with van der Waals surface area (Å²) < 4.78 is 16.7. The van der Waals surface area contributed by atoms with Crippen molar-refractivity contribution >= 4 is 12.1 Å². The van der Waals surface area contributed by atoms with Crippen molar-refractivity contribution in [1.82, 2.24) is 4.90 Å². The van der Waals surface area contributed by atoms with E-state index in [-0.39, 0.29) is 6.09 Å².